The molecule has 1 aliphatic heterocycles. The van der Waals surface area contributed by atoms with Gasteiger partial charge in [-0.3, -0.25) is 14.4 Å². The Balaban J connectivity index is 1.14. The van der Waals surface area contributed by atoms with E-state index in [1.54, 1.807) is 24.3 Å². The second-order valence-electron chi connectivity index (χ2n) is 13.8. The number of amides is 2. The van der Waals surface area contributed by atoms with Crippen molar-refractivity contribution in [1.29, 1.82) is 0 Å². The average Bonchev–Trinajstić information content (AvgIpc) is 3.54. The summed E-state index contributed by atoms with van der Waals surface area (Å²) in [6.45, 7) is 11.7. The van der Waals surface area contributed by atoms with Crippen LogP contribution >= 0.6 is 21.6 Å². The molecule has 1 fully saturated rings. The van der Waals surface area contributed by atoms with Gasteiger partial charge in [-0.15, -0.1) is 0 Å². The summed E-state index contributed by atoms with van der Waals surface area (Å²) in [4.78, 5) is 39.9. The van der Waals surface area contributed by atoms with Crippen molar-refractivity contribution in [2.24, 2.45) is 0 Å². The number of unbranched alkanes of at least 4 members (excludes halogenated alkanes) is 1. The molecule has 1 heterocycles. The number of hydrogen-bond acceptors (Lipinski definition) is 6. The van der Waals surface area contributed by atoms with Crippen LogP contribution < -0.4 is 10.6 Å². The van der Waals surface area contributed by atoms with Crippen LogP contribution in [0.2, 0.25) is 0 Å². The van der Waals surface area contributed by atoms with Gasteiger partial charge in [0.05, 0.1) is 0 Å². The molecule has 0 bridgehead atoms. The van der Waals surface area contributed by atoms with Gasteiger partial charge in [-0.2, -0.15) is 0 Å². The van der Waals surface area contributed by atoms with E-state index in [9.17, 15) is 14.4 Å². The fraction of sp³-hybridized carbons (Fsp3) is 0.541. The number of allylic oxidation sites excluding steroid dienone is 1. The number of hydrogen-bond donors (Lipinski definition) is 2. The first kappa shape index (κ1) is 35.3. The van der Waals surface area contributed by atoms with Gasteiger partial charge in [0.2, 0.25) is 5.91 Å². The third-order valence-corrected chi connectivity index (χ3v) is 12.2. The van der Waals surface area contributed by atoms with Crippen molar-refractivity contribution in [2.45, 2.75) is 88.7 Å². The van der Waals surface area contributed by atoms with Crippen molar-refractivity contribution in [2.75, 3.05) is 39.0 Å². The Bertz CT molecular complexity index is 1350. The second-order valence-corrected chi connectivity index (χ2v) is 16.6. The standard InChI is InChI=1S/C37H51N3O3S2/c1-36(2)19-20-37(3,4)32-26-29(15-16-31(32)36)33(41)17-12-27-10-13-28(14-11-27)35(43)39-22-24-40(5)23-21-38-34(42)9-7-6-8-30-18-25-44-45-30/h10-17,26,30H,6-9,18-25H2,1-5H3,(H,38,42)(H,39,43)/t30-/m1/s1. The zero-order valence-corrected chi connectivity index (χ0v) is 29.4. The quantitative estimate of drug-likeness (QED) is 0.0905. The van der Waals surface area contributed by atoms with Gasteiger partial charge < -0.3 is 15.5 Å². The van der Waals surface area contributed by atoms with E-state index in [0.717, 1.165) is 43.0 Å². The Labute approximate surface area is 278 Å². The van der Waals surface area contributed by atoms with Crippen molar-refractivity contribution in [3.8, 4) is 0 Å². The predicted molar refractivity (Wildman–Crippen MR) is 191 cm³/mol. The molecule has 2 aliphatic rings. The Kier molecular flexibility index (Phi) is 12.8. The first-order valence-corrected chi connectivity index (χ1v) is 18.8. The molecular formula is C37H51N3O3S2. The van der Waals surface area contributed by atoms with Gasteiger partial charge in [-0.1, -0.05) is 86.0 Å². The summed E-state index contributed by atoms with van der Waals surface area (Å²) in [5, 5.41) is 6.76. The fourth-order valence-electron chi connectivity index (χ4n) is 6.03. The minimum Gasteiger partial charge on any atom is -0.355 e. The maximum absolute atomic E-state index is 13.0. The minimum atomic E-state index is -0.127. The van der Waals surface area contributed by atoms with E-state index in [2.05, 4.69) is 55.4 Å². The van der Waals surface area contributed by atoms with Crippen molar-refractivity contribution in [3.63, 3.8) is 0 Å². The average molecular weight is 650 g/mol. The summed E-state index contributed by atoms with van der Waals surface area (Å²) in [7, 11) is 5.96. The molecule has 2 aromatic carbocycles. The molecule has 244 valence electrons. The first-order chi connectivity index (χ1) is 21.4. The molecule has 1 aliphatic carbocycles. The zero-order chi connectivity index (χ0) is 32.5. The number of nitrogens with one attached hydrogen (secondary N) is 2. The molecule has 45 heavy (non-hydrogen) atoms. The second kappa shape index (κ2) is 16.3. The lowest BCUT2D eigenvalue weighted by Gasteiger charge is -2.42. The summed E-state index contributed by atoms with van der Waals surface area (Å²) in [6.07, 6.45) is 10.9. The van der Waals surface area contributed by atoms with E-state index >= 15 is 0 Å². The topological polar surface area (TPSA) is 78.5 Å². The van der Waals surface area contributed by atoms with E-state index in [4.69, 9.17) is 0 Å². The Morgan fingerprint density at radius 1 is 0.889 bits per heavy atom. The van der Waals surface area contributed by atoms with Gasteiger partial charge in [0, 0.05) is 54.7 Å². The van der Waals surface area contributed by atoms with Crippen molar-refractivity contribution in [3.05, 3.63) is 76.4 Å². The number of rotatable bonds is 15. The highest BCUT2D eigenvalue weighted by atomic mass is 33.1. The highest BCUT2D eigenvalue weighted by Gasteiger charge is 2.37. The summed E-state index contributed by atoms with van der Waals surface area (Å²) < 4.78 is 0. The number of nitrogens with zero attached hydrogens (tertiary/aromatic N) is 1. The molecule has 1 saturated heterocycles. The van der Waals surface area contributed by atoms with Crippen LogP contribution in [0.25, 0.3) is 6.08 Å². The lowest BCUT2D eigenvalue weighted by atomic mass is 9.63. The molecule has 0 aromatic heterocycles. The molecule has 2 amide bonds. The Hall–Kier alpha value is -2.55. The monoisotopic (exact) mass is 649 g/mol. The largest absolute Gasteiger partial charge is 0.355 e. The summed E-state index contributed by atoms with van der Waals surface area (Å²) in [5.41, 5.74) is 4.96. The van der Waals surface area contributed by atoms with Crippen LogP contribution in [-0.2, 0) is 15.6 Å². The minimum absolute atomic E-state index is 0.0180. The van der Waals surface area contributed by atoms with Crippen LogP contribution in [0.1, 0.15) is 110 Å². The van der Waals surface area contributed by atoms with Gasteiger partial charge in [0.1, 0.15) is 0 Å². The molecule has 2 N–H and O–H groups in total. The first-order valence-electron chi connectivity index (χ1n) is 16.4. The molecule has 4 rings (SSSR count). The van der Waals surface area contributed by atoms with E-state index < -0.39 is 0 Å². The van der Waals surface area contributed by atoms with Crippen LogP contribution in [-0.4, -0.2) is 66.7 Å². The van der Waals surface area contributed by atoms with E-state index in [0.29, 0.717) is 37.2 Å². The lowest BCUT2D eigenvalue weighted by molar-refractivity contribution is -0.121. The van der Waals surface area contributed by atoms with Crippen LogP contribution in [0.5, 0.6) is 0 Å². The molecule has 0 radical (unpaired) electrons. The van der Waals surface area contributed by atoms with Crippen molar-refractivity contribution < 1.29 is 14.4 Å². The lowest BCUT2D eigenvalue weighted by Crippen LogP contribution is -2.37. The van der Waals surface area contributed by atoms with Crippen LogP contribution in [0, 0.1) is 0 Å². The third-order valence-electron chi connectivity index (χ3n) is 9.24. The number of ketones is 1. The zero-order valence-electron chi connectivity index (χ0n) is 27.7. The van der Waals surface area contributed by atoms with Crippen molar-refractivity contribution in [1.82, 2.24) is 15.5 Å². The summed E-state index contributed by atoms with van der Waals surface area (Å²) >= 11 is 0. The number of fused-ring (bicyclic) bond motifs is 1. The molecule has 0 unspecified atom stereocenters. The van der Waals surface area contributed by atoms with E-state index in [1.165, 1.54) is 29.7 Å². The van der Waals surface area contributed by atoms with Crippen molar-refractivity contribution >= 4 is 45.3 Å². The maximum atomic E-state index is 13.0. The van der Waals surface area contributed by atoms with Gasteiger partial charge in [0.25, 0.3) is 5.91 Å². The van der Waals surface area contributed by atoms with E-state index in [-0.39, 0.29) is 28.4 Å². The number of likely N-dealkylation sites (N-methyl/N-ethyl adjacent to an activating group) is 1. The Morgan fingerprint density at radius 2 is 1.56 bits per heavy atom. The number of carbonyl (C=O) groups excluding carboxylic acids is 3. The van der Waals surface area contributed by atoms with E-state index in [1.807, 2.05) is 46.8 Å². The molecule has 0 saturated carbocycles. The molecule has 6 nitrogen and oxygen atoms in total. The molecule has 2 aromatic rings. The molecule has 1 atom stereocenters. The van der Waals surface area contributed by atoms with Crippen LogP contribution in [0.3, 0.4) is 0 Å². The van der Waals surface area contributed by atoms with Gasteiger partial charge in [-0.05, 0) is 90.9 Å². The Morgan fingerprint density at radius 3 is 2.24 bits per heavy atom. The maximum Gasteiger partial charge on any atom is 0.251 e. The normalized spacial score (nSPS) is 18.6. The number of carbonyl (C=O) groups is 3. The molecule has 8 heteroatoms. The van der Waals surface area contributed by atoms with Gasteiger partial charge in [-0.25, -0.2) is 0 Å². The molecular weight excluding hydrogens is 599 g/mol. The van der Waals surface area contributed by atoms with Gasteiger partial charge in [0.15, 0.2) is 5.78 Å². The van der Waals surface area contributed by atoms with Gasteiger partial charge >= 0.3 is 0 Å². The molecule has 0 spiro atoms. The smallest absolute Gasteiger partial charge is 0.251 e. The summed E-state index contributed by atoms with van der Waals surface area (Å²) in [6, 6.07) is 13.5. The highest BCUT2D eigenvalue weighted by Crippen LogP contribution is 2.46. The highest BCUT2D eigenvalue weighted by molar-refractivity contribution is 8.77. The third kappa shape index (κ3) is 10.5. The fourth-order valence-corrected chi connectivity index (χ4v) is 9.05. The SMILES string of the molecule is CN(CCNC(=O)CCCC[C@@H]1CCSS1)CCNC(=O)c1ccc(C=CC(=O)c2ccc3c(c2)C(C)(C)CCC3(C)C)cc1. The van der Waals surface area contributed by atoms with Crippen LogP contribution in [0.4, 0.5) is 0 Å². The number of benzene rings is 2. The predicted octanol–water partition coefficient (Wildman–Crippen LogP) is 7.42. The van der Waals surface area contributed by atoms with Crippen LogP contribution in [0.15, 0.2) is 48.5 Å². The summed E-state index contributed by atoms with van der Waals surface area (Å²) in [5.74, 6) is 1.24.